The Morgan fingerprint density at radius 3 is 2.88 bits per heavy atom. The molecule has 0 radical (unpaired) electrons. The minimum Gasteiger partial charge on any atom is -0.382 e. The van der Waals surface area contributed by atoms with Crippen LogP contribution in [0.1, 0.15) is 31.2 Å². The number of halogens is 1. The lowest BCUT2D eigenvalue weighted by molar-refractivity contribution is -0.121. The second-order valence-electron chi connectivity index (χ2n) is 5.92. The molecule has 26 heavy (non-hydrogen) atoms. The van der Waals surface area contributed by atoms with Crippen LogP contribution in [0, 0.1) is 5.82 Å². The first kappa shape index (κ1) is 17.6. The third kappa shape index (κ3) is 4.24. The highest BCUT2D eigenvalue weighted by atomic mass is 19.1. The molecular formula is C17H19FN6O2. The Balaban J connectivity index is 1.66. The van der Waals surface area contributed by atoms with Crippen LogP contribution in [0.5, 0.6) is 0 Å². The van der Waals surface area contributed by atoms with Crippen LogP contribution >= 0.6 is 0 Å². The van der Waals surface area contributed by atoms with Gasteiger partial charge < -0.3 is 16.4 Å². The molecule has 136 valence electrons. The number of hydrazone groups is 1. The molecule has 2 heterocycles. The average molecular weight is 358 g/mol. The molecule has 1 aromatic rings. The highest BCUT2D eigenvalue weighted by Gasteiger charge is 2.18. The van der Waals surface area contributed by atoms with Gasteiger partial charge in [-0.15, -0.1) is 0 Å². The smallest absolute Gasteiger partial charge is 0.271 e. The van der Waals surface area contributed by atoms with E-state index in [1.807, 2.05) is 0 Å². The van der Waals surface area contributed by atoms with Crippen molar-refractivity contribution in [3.63, 3.8) is 0 Å². The summed E-state index contributed by atoms with van der Waals surface area (Å²) in [5, 5.41) is 9.50. The molecule has 5 N–H and O–H groups in total. The lowest BCUT2D eigenvalue weighted by atomic mass is 10.1. The van der Waals surface area contributed by atoms with Crippen LogP contribution in [0.2, 0.25) is 0 Å². The fraction of sp³-hybridized carbons (Fsp3) is 0.294. The minimum absolute atomic E-state index is 0.212. The second-order valence-corrected chi connectivity index (χ2v) is 5.92. The molecule has 8 nitrogen and oxygen atoms in total. The van der Waals surface area contributed by atoms with Crippen molar-refractivity contribution in [1.29, 1.82) is 0 Å². The van der Waals surface area contributed by atoms with Crippen LogP contribution in [0.15, 0.2) is 39.8 Å². The summed E-state index contributed by atoms with van der Waals surface area (Å²) in [6.45, 7) is 0.220. The Morgan fingerprint density at radius 1 is 1.31 bits per heavy atom. The van der Waals surface area contributed by atoms with Gasteiger partial charge in [-0.25, -0.2) is 14.8 Å². The van der Waals surface area contributed by atoms with E-state index in [2.05, 4.69) is 26.2 Å². The number of aliphatic imine (C=N–C) groups is 1. The van der Waals surface area contributed by atoms with E-state index in [0.717, 1.165) is 18.5 Å². The molecule has 0 bridgehead atoms. The molecule has 1 aromatic carbocycles. The molecule has 2 aliphatic rings. The second kappa shape index (κ2) is 7.77. The van der Waals surface area contributed by atoms with Crippen molar-refractivity contribution in [3.8, 4) is 0 Å². The van der Waals surface area contributed by atoms with E-state index in [9.17, 15) is 14.0 Å². The van der Waals surface area contributed by atoms with Crippen LogP contribution in [0.3, 0.4) is 0 Å². The largest absolute Gasteiger partial charge is 0.382 e. The van der Waals surface area contributed by atoms with E-state index >= 15 is 0 Å². The number of carbonyl (C=O) groups is 2. The Bertz CT molecular complexity index is 831. The number of nitrogens with two attached hydrogens (primary N) is 1. The highest BCUT2D eigenvalue weighted by Crippen LogP contribution is 2.17. The molecule has 0 saturated heterocycles. The highest BCUT2D eigenvalue weighted by molar-refractivity contribution is 6.43. The first-order valence-electron chi connectivity index (χ1n) is 8.23. The van der Waals surface area contributed by atoms with Gasteiger partial charge in [0, 0.05) is 36.9 Å². The van der Waals surface area contributed by atoms with Gasteiger partial charge in [-0.05, 0) is 31.0 Å². The summed E-state index contributed by atoms with van der Waals surface area (Å²) < 4.78 is 14.1. The zero-order valence-corrected chi connectivity index (χ0v) is 14.0. The predicted molar refractivity (Wildman–Crippen MR) is 95.6 cm³/mol. The first-order valence-corrected chi connectivity index (χ1v) is 8.23. The van der Waals surface area contributed by atoms with Crippen molar-refractivity contribution >= 4 is 29.4 Å². The zero-order chi connectivity index (χ0) is 18.5. The summed E-state index contributed by atoms with van der Waals surface area (Å²) >= 11 is 0. The van der Waals surface area contributed by atoms with Crippen molar-refractivity contribution in [2.45, 2.75) is 32.2 Å². The van der Waals surface area contributed by atoms with E-state index in [-0.39, 0.29) is 31.0 Å². The van der Waals surface area contributed by atoms with Crippen LogP contribution in [0.4, 0.5) is 10.1 Å². The van der Waals surface area contributed by atoms with E-state index in [0.29, 0.717) is 17.1 Å². The molecule has 0 fully saturated rings. The summed E-state index contributed by atoms with van der Waals surface area (Å²) in [5.41, 5.74) is 9.89. The van der Waals surface area contributed by atoms with Crippen molar-refractivity contribution in [2.24, 2.45) is 15.8 Å². The van der Waals surface area contributed by atoms with E-state index in [1.54, 1.807) is 12.3 Å². The summed E-state index contributed by atoms with van der Waals surface area (Å²) in [6.07, 6.45) is 3.72. The normalized spacial score (nSPS) is 16.8. The van der Waals surface area contributed by atoms with Gasteiger partial charge in [-0.1, -0.05) is 0 Å². The number of anilines is 1. The van der Waals surface area contributed by atoms with Gasteiger partial charge in [0.2, 0.25) is 5.91 Å². The number of nitrogens with one attached hydrogen (secondary N) is 3. The van der Waals surface area contributed by atoms with Gasteiger partial charge in [-0.3, -0.25) is 9.59 Å². The quantitative estimate of drug-likeness (QED) is 0.630. The lowest BCUT2D eigenvalue weighted by Crippen LogP contribution is -2.32. The maximum absolute atomic E-state index is 14.1. The SMILES string of the molecule is NC1=C(NCc2cc(NC(=O)C3=NNC(=O)CC3)ccc2F)CCC=N1. The summed E-state index contributed by atoms with van der Waals surface area (Å²) in [7, 11) is 0. The fourth-order valence-corrected chi connectivity index (χ4v) is 2.59. The molecule has 0 saturated carbocycles. The van der Waals surface area contributed by atoms with Gasteiger partial charge >= 0.3 is 0 Å². The molecule has 9 heteroatoms. The van der Waals surface area contributed by atoms with Crippen LogP contribution in [0.25, 0.3) is 0 Å². The van der Waals surface area contributed by atoms with Crippen LogP contribution in [-0.2, 0) is 16.1 Å². The monoisotopic (exact) mass is 358 g/mol. The molecule has 0 aromatic heterocycles. The Hall–Kier alpha value is -3.23. The first-order chi connectivity index (χ1) is 12.5. The summed E-state index contributed by atoms with van der Waals surface area (Å²) in [4.78, 5) is 27.3. The average Bonchev–Trinajstić information content (AvgIpc) is 2.64. The molecule has 2 amide bonds. The Morgan fingerprint density at radius 2 is 2.15 bits per heavy atom. The maximum Gasteiger partial charge on any atom is 0.271 e. The van der Waals surface area contributed by atoms with Crippen molar-refractivity contribution in [2.75, 3.05) is 5.32 Å². The van der Waals surface area contributed by atoms with E-state index in [4.69, 9.17) is 5.73 Å². The number of carbonyl (C=O) groups excluding carboxylic acids is 2. The number of nitrogens with zero attached hydrogens (tertiary/aromatic N) is 2. The molecule has 3 rings (SSSR count). The third-order valence-electron chi connectivity index (χ3n) is 4.03. The number of amides is 2. The maximum atomic E-state index is 14.1. The van der Waals surface area contributed by atoms with Gasteiger partial charge in [0.25, 0.3) is 5.91 Å². The topological polar surface area (TPSA) is 121 Å². The lowest BCUT2D eigenvalue weighted by Gasteiger charge is -2.16. The van der Waals surface area contributed by atoms with Crippen LogP contribution in [-0.4, -0.2) is 23.7 Å². The Kier molecular flexibility index (Phi) is 5.26. The number of benzene rings is 1. The summed E-state index contributed by atoms with van der Waals surface area (Å²) in [5.74, 6) is -0.642. The number of hydrogen-bond acceptors (Lipinski definition) is 6. The molecule has 0 atom stereocenters. The van der Waals surface area contributed by atoms with E-state index < -0.39 is 11.7 Å². The van der Waals surface area contributed by atoms with Gasteiger partial charge in [-0.2, -0.15) is 5.10 Å². The van der Waals surface area contributed by atoms with Gasteiger partial charge in [0.1, 0.15) is 17.3 Å². The number of rotatable bonds is 5. The van der Waals surface area contributed by atoms with Crippen molar-refractivity contribution in [3.05, 3.63) is 41.1 Å². The van der Waals surface area contributed by atoms with Crippen molar-refractivity contribution < 1.29 is 14.0 Å². The van der Waals surface area contributed by atoms with Gasteiger partial charge in [0.15, 0.2) is 0 Å². The molecular weight excluding hydrogens is 339 g/mol. The van der Waals surface area contributed by atoms with Crippen LogP contribution < -0.4 is 21.8 Å². The molecule has 0 spiro atoms. The molecule has 2 aliphatic heterocycles. The Labute approximate surface area is 149 Å². The molecule has 0 aliphatic carbocycles. The summed E-state index contributed by atoms with van der Waals surface area (Å²) in [6, 6.07) is 4.30. The number of hydrogen-bond donors (Lipinski definition) is 4. The van der Waals surface area contributed by atoms with Gasteiger partial charge in [0.05, 0.1) is 5.70 Å². The zero-order valence-electron chi connectivity index (χ0n) is 14.0. The third-order valence-corrected chi connectivity index (χ3v) is 4.03. The van der Waals surface area contributed by atoms with Crippen molar-refractivity contribution in [1.82, 2.24) is 10.7 Å². The fourth-order valence-electron chi connectivity index (χ4n) is 2.59. The van der Waals surface area contributed by atoms with E-state index in [1.165, 1.54) is 12.1 Å². The predicted octanol–water partition coefficient (Wildman–Crippen LogP) is 1.11. The standard InChI is InChI=1S/C17H19FN6O2/c18-12-4-3-11(22-17(26)14-5-6-15(25)24-23-14)8-10(12)9-21-13-2-1-7-20-16(13)19/h3-4,7-8,21H,1-2,5-6,9,19H2,(H,22,26)(H,24,25). The minimum atomic E-state index is -0.427. The number of allylic oxidation sites excluding steroid dienone is 1. The molecule has 0 unspecified atom stereocenters.